The highest BCUT2D eigenvalue weighted by molar-refractivity contribution is 9.13. The van der Waals surface area contributed by atoms with Crippen LogP contribution < -0.4 is 9.44 Å². The van der Waals surface area contributed by atoms with Crippen molar-refractivity contribution in [2.24, 2.45) is 0 Å². The number of rotatable bonds is 6. The van der Waals surface area contributed by atoms with Crippen molar-refractivity contribution in [3.05, 3.63) is 80.7 Å². The highest BCUT2D eigenvalue weighted by Gasteiger charge is 2.20. The van der Waals surface area contributed by atoms with E-state index in [0.29, 0.717) is 8.95 Å². The van der Waals surface area contributed by atoms with Crippen LogP contribution in [0.1, 0.15) is 11.1 Å². The summed E-state index contributed by atoms with van der Waals surface area (Å²) < 4.78 is 56.3. The number of benzene rings is 3. The summed E-state index contributed by atoms with van der Waals surface area (Å²) in [6, 6.07) is 15.9. The van der Waals surface area contributed by atoms with Gasteiger partial charge in [0.25, 0.3) is 20.0 Å². The zero-order chi connectivity index (χ0) is 22.1. The molecule has 158 valence electrons. The zero-order valence-electron chi connectivity index (χ0n) is 16.0. The summed E-state index contributed by atoms with van der Waals surface area (Å²) in [6.07, 6.45) is 0. The smallest absolute Gasteiger partial charge is 0.261 e. The number of halogens is 2. The molecule has 30 heavy (non-hydrogen) atoms. The molecule has 0 bridgehead atoms. The van der Waals surface area contributed by atoms with E-state index in [0.717, 1.165) is 11.1 Å². The first-order valence-corrected chi connectivity index (χ1v) is 13.2. The minimum atomic E-state index is -3.80. The van der Waals surface area contributed by atoms with E-state index in [9.17, 15) is 16.8 Å². The molecule has 0 saturated carbocycles. The lowest BCUT2D eigenvalue weighted by molar-refractivity contribution is 0.599. The Morgan fingerprint density at radius 1 is 0.567 bits per heavy atom. The van der Waals surface area contributed by atoms with Gasteiger partial charge in [-0.05, 0) is 82.1 Å². The lowest BCUT2D eigenvalue weighted by Gasteiger charge is -2.15. The second kappa shape index (κ2) is 8.70. The molecule has 0 saturated heterocycles. The van der Waals surface area contributed by atoms with Crippen molar-refractivity contribution in [1.82, 2.24) is 0 Å². The number of sulfonamides is 2. The van der Waals surface area contributed by atoms with E-state index in [1.807, 2.05) is 13.8 Å². The van der Waals surface area contributed by atoms with E-state index in [-0.39, 0.29) is 21.2 Å². The predicted octanol–water partition coefficient (Wildman–Crippen LogP) is 5.43. The minimum Gasteiger partial charge on any atom is -0.278 e. The summed E-state index contributed by atoms with van der Waals surface area (Å²) in [7, 11) is -7.61. The van der Waals surface area contributed by atoms with Gasteiger partial charge in [0, 0.05) is 0 Å². The van der Waals surface area contributed by atoms with Gasteiger partial charge >= 0.3 is 0 Å². The third-order valence-electron chi connectivity index (χ3n) is 4.23. The van der Waals surface area contributed by atoms with Crippen molar-refractivity contribution >= 4 is 63.3 Å². The Hall–Kier alpha value is -1.88. The van der Waals surface area contributed by atoms with Crippen molar-refractivity contribution in [2.75, 3.05) is 9.44 Å². The Bertz CT molecular complexity index is 1190. The average molecular weight is 574 g/mol. The maximum absolute atomic E-state index is 12.6. The molecule has 0 aliphatic rings. The molecule has 0 aliphatic carbocycles. The molecule has 0 atom stereocenters. The second-order valence-corrected chi connectivity index (χ2v) is 11.6. The van der Waals surface area contributed by atoms with Crippen molar-refractivity contribution in [3.63, 3.8) is 0 Å². The van der Waals surface area contributed by atoms with Crippen LogP contribution in [0.2, 0.25) is 0 Å². The van der Waals surface area contributed by atoms with Gasteiger partial charge in [0.15, 0.2) is 0 Å². The highest BCUT2D eigenvalue weighted by Crippen LogP contribution is 2.38. The topological polar surface area (TPSA) is 92.3 Å². The van der Waals surface area contributed by atoms with Gasteiger partial charge in [-0.3, -0.25) is 9.44 Å². The molecule has 0 unspecified atom stereocenters. The van der Waals surface area contributed by atoms with Crippen molar-refractivity contribution in [3.8, 4) is 0 Å². The molecule has 3 aromatic carbocycles. The summed E-state index contributed by atoms with van der Waals surface area (Å²) in [6.45, 7) is 3.74. The summed E-state index contributed by atoms with van der Waals surface area (Å²) >= 11 is 6.67. The van der Waals surface area contributed by atoms with E-state index in [1.165, 1.54) is 36.4 Å². The van der Waals surface area contributed by atoms with Crippen LogP contribution in [0.25, 0.3) is 0 Å². The van der Waals surface area contributed by atoms with Crippen LogP contribution in [0.3, 0.4) is 0 Å². The Kier molecular flexibility index (Phi) is 6.61. The van der Waals surface area contributed by atoms with Crippen LogP contribution in [0.5, 0.6) is 0 Å². The maximum Gasteiger partial charge on any atom is 0.261 e. The zero-order valence-corrected chi connectivity index (χ0v) is 20.8. The van der Waals surface area contributed by atoms with Crippen molar-refractivity contribution < 1.29 is 16.8 Å². The molecule has 3 rings (SSSR count). The molecule has 0 aromatic heterocycles. The molecule has 0 amide bonds. The van der Waals surface area contributed by atoms with Gasteiger partial charge in [-0.2, -0.15) is 0 Å². The van der Waals surface area contributed by atoms with E-state index in [1.54, 1.807) is 24.3 Å². The number of hydrogen-bond acceptors (Lipinski definition) is 4. The fraction of sp³-hybridized carbons (Fsp3) is 0.100. The lowest BCUT2D eigenvalue weighted by atomic mass is 10.2. The molecule has 0 fully saturated rings. The quantitative estimate of drug-likeness (QED) is 0.411. The molecule has 0 aliphatic heterocycles. The van der Waals surface area contributed by atoms with Crippen LogP contribution >= 0.6 is 31.9 Å². The molecule has 3 aromatic rings. The van der Waals surface area contributed by atoms with Crippen molar-refractivity contribution in [1.29, 1.82) is 0 Å². The number of hydrogen-bond donors (Lipinski definition) is 2. The number of aryl methyl sites for hydroxylation is 2. The second-order valence-electron chi connectivity index (χ2n) is 6.63. The molecule has 6 nitrogen and oxygen atoms in total. The number of anilines is 2. The van der Waals surface area contributed by atoms with Gasteiger partial charge in [0.1, 0.15) is 0 Å². The first-order chi connectivity index (χ1) is 14.0. The highest BCUT2D eigenvalue weighted by atomic mass is 79.9. The maximum atomic E-state index is 12.6. The molecule has 0 radical (unpaired) electrons. The average Bonchev–Trinajstić information content (AvgIpc) is 2.68. The van der Waals surface area contributed by atoms with Gasteiger partial charge in [-0.15, -0.1) is 0 Å². The van der Waals surface area contributed by atoms with Crippen LogP contribution in [-0.4, -0.2) is 16.8 Å². The largest absolute Gasteiger partial charge is 0.278 e. The van der Waals surface area contributed by atoms with E-state index < -0.39 is 20.0 Å². The van der Waals surface area contributed by atoms with Gasteiger partial charge in [0.05, 0.1) is 30.1 Å². The fourth-order valence-electron chi connectivity index (χ4n) is 2.55. The Morgan fingerprint density at radius 3 is 1.17 bits per heavy atom. The van der Waals surface area contributed by atoms with Crippen LogP contribution in [-0.2, 0) is 20.0 Å². The monoisotopic (exact) mass is 572 g/mol. The molecular weight excluding hydrogens is 556 g/mol. The first-order valence-electron chi connectivity index (χ1n) is 8.66. The number of nitrogens with one attached hydrogen (secondary N) is 2. The van der Waals surface area contributed by atoms with Gasteiger partial charge in [-0.1, -0.05) is 35.4 Å². The minimum absolute atomic E-state index is 0.125. The predicted molar refractivity (Wildman–Crippen MR) is 126 cm³/mol. The molecule has 10 heteroatoms. The first kappa shape index (κ1) is 22.8. The third kappa shape index (κ3) is 5.05. The molecular formula is C20H18Br2N2O4S2. The lowest BCUT2D eigenvalue weighted by Crippen LogP contribution is -2.15. The molecule has 2 N–H and O–H groups in total. The molecule has 0 heterocycles. The van der Waals surface area contributed by atoms with Crippen LogP contribution in [0, 0.1) is 13.8 Å². The normalized spacial score (nSPS) is 11.9. The fourth-order valence-corrected chi connectivity index (χ4v) is 5.85. The van der Waals surface area contributed by atoms with Gasteiger partial charge in [-0.25, -0.2) is 16.8 Å². The van der Waals surface area contributed by atoms with Gasteiger partial charge in [0.2, 0.25) is 0 Å². The summed E-state index contributed by atoms with van der Waals surface area (Å²) in [5.41, 5.74) is 2.42. The van der Waals surface area contributed by atoms with Crippen LogP contribution in [0.15, 0.2) is 79.4 Å². The SMILES string of the molecule is Cc1ccc(S(=O)(=O)Nc2ccc(NS(=O)(=O)c3ccc(C)cc3)c(Br)c2Br)cc1. The Morgan fingerprint density at radius 2 is 0.867 bits per heavy atom. The summed E-state index contributed by atoms with van der Waals surface area (Å²) in [4.78, 5) is 0.251. The van der Waals surface area contributed by atoms with E-state index in [2.05, 4.69) is 41.3 Å². The Balaban J connectivity index is 1.88. The standard InChI is InChI=1S/C20H18Br2N2O4S2/c1-13-3-7-15(8-4-13)29(25,26)23-17-11-12-18(20(22)19(17)21)24-30(27,28)16-9-5-14(2)6-10-16/h3-12,23-24H,1-2H3. The molecule has 0 spiro atoms. The van der Waals surface area contributed by atoms with E-state index >= 15 is 0 Å². The summed E-state index contributed by atoms with van der Waals surface area (Å²) in [5, 5.41) is 0. The summed E-state index contributed by atoms with van der Waals surface area (Å²) in [5.74, 6) is 0. The van der Waals surface area contributed by atoms with E-state index in [4.69, 9.17) is 0 Å². The third-order valence-corrected chi connectivity index (χ3v) is 9.18. The van der Waals surface area contributed by atoms with Gasteiger partial charge < -0.3 is 0 Å². The Labute approximate surface area is 193 Å². The van der Waals surface area contributed by atoms with Crippen LogP contribution in [0.4, 0.5) is 11.4 Å². The van der Waals surface area contributed by atoms with Crippen molar-refractivity contribution in [2.45, 2.75) is 23.6 Å².